The molecule has 1 fully saturated rings. The maximum Gasteiger partial charge on any atom is 0.191 e. The molecule has 4 rings (SSSR count). The van der Waals surface area contributed by atoms with Crippen molar-refractivity contribution >= 4 is 34.6 Å². The molecule has 0 radical (unpaired) electrons. The van der Waals surface area contributed by atoms with Crippen molar-refractivity contribution in [2.45, 2.75) is 6.54 Å². The molecule has 0 bridgehead atoms. The second kappa shape index (κ2) is 8.02. The standard InChI is InChI=1S/C19H20ClN5OS/c20-14-3-5-16(6-4-14)24-7-9-25(10-8-24)19(21)22-12-15-13-27-18(23-15)17-2-1-11-26-17/h1-6,11,13H,7-10,12H2,(H2,21,22). The van der Waals surface area contributed by atoms with Crippen molar-refractivity contribution in [3.8, 4) is 10.8 Å². The first-order valence-electron chi connectivity index (χ1n) is 8.73. The lowest BCUT2D eigenvalue weighted by Crippen LogP contribution is -2.51. The number of nitrogens with zero attached hydrogens (tertiary/aromatic N) is 4. The summed E-state index contributed by atoms with van der Waals surface area (Å²) in [7, 11) is 0. The molecule has 3 aromatic rings. The summed E-state index contributed by atoms with van der Waals surface area (Å²) in [6.45, 7) is 3.95. The van der Waals surface area contributed by atoms with Crippen LogP contribution in [0, 0.1) is 0 Å². The van der Waals surface area contributed by atoms with E-state index in [-0.39, 0.29) is 0 Å². The Kier molecular flexibility index (Phi) is 5.31. The SMILES string of the molecule is NC(=NCc1csc(-c2ccco2)n1)N1CCN(c2ccc(Cl)cc2)CC1. The van der Waals surface area contributed by atoms with Crippen LogP contribution in [0.25, 0.3) is 10.8 Å². The van der Waals surface area contributed by atoms with Crippen LogP contribution in [0.5, 0.6) is 0 Å². The number of guanidine groups is 1. The van der Waals surface area contributed by atoms with Gasteiger partial charge in [0, 0.05) is 42.3 Å². The fourth-order valence-corrected chi connectivity index (χ4v) is 3.90. The smallest absolute Gasteiger partial charge is 0.191 e. The van der Waals surface area contributed by atoms with E-state index in [0.29, 0.717) is 12.5 Å². The van der Waals surface area contributed by atoms with Gasteiger partial charge >= 0.3 is 0 Å². The topological polar surface area (TPSA) is 70.9 Å². The van der Waals surface area contributed by atoms with Crippen LogP contribution in [0.1, 0.15) is 5.69 Å². The summed E-state index contributed by atoms with van der Waals surface area (Å²) in [6, 6.07) is 11.7. The Morgan fingerprint density at radius 1 is 1.19 bits per heavy atom. The Morgan fingerprint density at radius 3 is 2.67 bits per heavy atom. The first-order valence-corrected chi connectivity index (χ1v) is 9.98. The Balaban J connectivity index is 1.32. The number of nitrogens with two attached hydrogens (primary N) is 1. The van der Waals surface area contributed by atoms with Crippen LogP contribution >= 0.6 is 22.9 Å². The van der Waals surface area contributed by atoms with Gasteiger partial charge in [0.25, 0.3) is 0 Å². The molecule has 0 spiro atoms. The third kappa shape index (κ3) is 4.26. The van der Waals surface area contributed by atoms with Gasteiger partial charge in [0.15, 0.2) is 16.7 Å². The van der Waals surface area contributed by atoms with Crippen molar-refractivity contribution in [1.82, 2.24) is 9.88 Å². The maximum atomic E-state index is 6.20. The molecule has 2 N–H and O–H groups in total. The van der Waals surface area contributed by atoms with E-state index < -0.39 is 0 Å². The minimum atomic E-state index is 0.473. The quantitative estimate of drug-likeness (QED) is 0.533. The molecule has 0 amide bonds. The molecule has 1 aliphatic rings. The second-order valence-electron chi connectivity index (χ2n) is 6.25. The fraction of sp³-hybridized carbons (Fsp3) is 0.263. The largest absolute Gasteiger partial charge is 0.462 e. The van der Waals surface area contributed by atoms with Gasteiger partial charge in [-0.15, -0.1) is 11.3 Å². The van der Waals surface area contributed by atoms with Crippen molar-refractivity contribution in [3.63, 3.8) is 0 Å². The zero-order chi connectivity index (χ0) is 18.6. The lowest BCUT2D eigenvalue weighted by atomic mass is 10.2. The molecule has 0 atom stereocenters. The lowest BCUT2D eigenvalue weighted by molar-refractivity contribution is 0.380. The second-order valence-corrected chi connectivity index (χ2v) is 7.54. The van der Waals surface area contributed by atoms with Gasteiger partial charge in [-0.1, -0.05) is 11.6 Å². The third-order valence-corrected chi connectivity index (χ3v) is 5.64. The van der Waals surface area contributed by atoms with E-state index in [1.165, 1.54) is 5.69 Å². The summed E-state index contributed by atoms with van der Waals surface area (Å²) >= 11 is 7.51. The van der Waals surface area contributed by atoms with E-state index in [1.54, 1.807) is 17.6 Å². The molecular formula is C19H20ClN5OS. The van der Waals surface area contributed by atoms with Gasteiger partial charge in [0.1, 0.15) is 0 Å². The van der Waals surface area contributed by atoms with Crippen molar-refractivity contribution in [2.24, 2.45) is 10.7 Å². The molecule has 27 heavy (non-hydrogen) atoms. The number of thiazole rings is 1. The Labute approximate surface area is 166 Å². The van der Waals surface area contributed by atoms with Crippen molar-refractivity contribution < 1.29 is 4.42 Å². The first-order chi connectivity index (χ1) is 13.2. The van der Waals surface area contributed by atoms with Gasteiger partial charge in [-0.25, -0.2) is 9.98 Å². The number of aliphatic imine (C=N–C) groups is 1. The average molecular weight is 402 g/mol. The van der Waals surface area contributed by atoms with E-state index in [9.17, 15) is 0 Å². The molecule has 3 heterocycles. The summed E-state index contributed by atoms with van der Waals surface area (Å²) in [6.07, 6.45) is 1.65. The summed E-state index contributed by atoms with van der Waals surface area (Å²) in [5.74, 6) is 1.35. The van der Waals surface area contributed by atoms with Crippen LogP contribution in [-0.2, 0) is 6.54 Å². The minimum Gasteiger partial charge on any atom is -0.462 e. The van der Waals surface area contributed by atoms with Crippen LogP contribution in [0.3, 0.4) is 0 Å². The zero-order valence-corrected chi connectivity index (χ0v) is 16.3. The van der Waals surface area contributed by atoms with Crippen LogP contribution in [0.15, 0.2) is 57.5 Å². The number of halogens is 1. The summed E-state index contributed by atoms with van der Waals surface area (Å²) in [4.78, 5) is 13.5. The van der Waals surface area contributed by atoms with Crippen molar-refractivity contribution in [2.75, 3.05) is 31.1 Å². The van der Waals surface area contributed by atoms with Gasteiger partial charge in [-0.2, -0.15) is 0 Å². The molecule has 8 heteroatoms. The normalized spacial score (nSPS) is 15.4. The van der Waals surface area contributed by atoms with Crippen molar-refractivity contribution in [1.29, 1.82) is 0 Å². The molecule has 1 aliphatic heterocycles. The Morgan fingerprint density at radius 2 is 1.96 bits per heavy atom. The molecule has 0 saturated carbocycles. The van der Waals surface area contributed by atoms with Crippen LogP contribution in [0.4, 0.5) is 5.69 Å². The molecule has 1 saturated heterocycles. The molecule has 2 aromatic heterocycles. The lowest BCUT2D eigenvalue weighted by Gasteiger charge is -2.36. The Bertz CT molecular complexity index is 899. The maximum absolute atomic E-state index is 6.20. The number of hydrogen-bond acceptors (Lipinski definition) is 5. The predicted molar refractivity (Wildman–Crippen MR) is 110 cm³/mol. The Hall–Kier alpha value is -2.51. The van der Waals surface area contributed by atoms with E-state index in [1.807, 2.05) is 41.8 Å². The van der Waals surface area contributed by atoms with Gasteiger partial charge in [-0.3, -0.25) is 0 Å². The van der Waals surface area contributed by atoms with Crippen LogP contribution < -0.4 is 10.6 Å². The predicted octanol–water partition coefficient (Wildman–Crippen LogP) is 3.69. The van der Waals surface area contributed by atoms with E-state index in [2.05, 4.69) is 19.8 Å². The summed E-state index contributed by atoms with van der Waals surface area (Å²) in [5, 5.41) is 3.61. The van der Waals surface area contributed by atoms with Gasteiger partial charge in [0.2, 0.25) is 0 Å². The summed E-state index contributed by atoms with van der Waals surface area (Å²) < 4.78 is 5.37. The highest BCUT2D eigenvalue weighted by Crippen LogP contribution is 2.24. The molecule has 0 aliphatic carbocycles. The third-order valence-electron chi connectivity index (χ3n) is 4.48. The fourth-order valence-electron chi connectivity index (χ4n) is 3.00. The number of hydrogen-bond donors (Lipinski definition) is 1. The summed E-state index contributed by atoms with van der Waals surface area (Å²) in [5.41, 5.74) is 8.28. The van der Waals surface area contributed by atoms with Crippen LogP contribution in [-0.4, -0.2) is 42.0 Å². The van der Waals surface area contributed by atoms with Crippen LogP contribution in [0.2, 0.25) is 5.02 Å². The number of piperazine rings is 1. The monoisotopic (exact) mass is 401 g/mol. The number of anilines is 1. The van der Waals surface area contributed by atoms with E-state index in [4.69, 9.17) is 21.8 Å². The van der Waals surface area contributed by atoms with E-state index >= 15 is 0 Å². The molecule has 6 nitrogen and oxygen atoms in total. The minimum absolute atomic E-state index is 0.473. The zero-order valence-electron chi connectivity index (χ0n) is 14.7. The number of benzene rings is 1. The highest BCUT2D eigenvalue weighted by Gasteiger charge is 2.18. The number of furan rings is 1. The molecule has 140 valence electrons. The highest BCUT2D eigenvalue weighted by atomic mass is 35.5. The molecule has 0 unspecified atom stereocenters. The number of rotatable bonds is 4. The van der Waals surface area contributed by atoms with Crippen molar-refractivity contribution in [3.05, 3.63) is 58.8 Å². The number of aromatic nitrogens is 1. The van der Waals surface area contributed by atoms with Gasteiger partial charge in [0.05, 0.1) is 18.5 Å². The molecular weight excluding hydrogens is 382 g/mol. The first kappa shape index (κ1) is 17.9. The van der Waals surface area contributed by atoms with Gasteiger partial charge < -0.3 is 20.0 Å². The highest BCUT2D eigenvalue weighted by molar-refractivity contribution is 7.13. The van der Waals surface area contributed by atoms with Gasteiger partial charge in [-0.05, 0) is 36.4 Å². The van der Waals surface area contributed by atoms with E-state index in [0.717, 1.165) is 47.7 Å². The molecule has 1 aromatic carbocycles. The average Bonchev–Trinajstić information content (AvgIpc) is 3.38.